The van der Waals surface area contributed by atoms with E-state index in [0.29, 0.717) is 24.3 Å². The number of carbonyl (C=O) groups excluding carboxylic acids is 1. The number of oxazole rings is 1. The highest BCUT2D eigenvalue weighted by atomic mass is 32.2. The molecule has 1 N–H and O–H groups in total. The number of nitrogens with one attached hydrogen (secondary N) is 1. The Balaban J connectivity index is 1.40. The van der Waals surface area contributed by atoms with Crippen LogP contribution in [0.3, 0.4) is 0 Å². The minimum Gasteiger partial charge on any atom is -0.444 e. The van der Waals surface area contributed by atoms with E-state index in [1.807, 2.05) is 18.2 Å². The number of rotatable bonds is 5. The van der Waals surface area contributed by atoms with E-state index in [-0.39, 0.29) is 35.4 Å². The maximum atomic E-state index is 12.9. The molecular formula is C22H20N4O4S. The number of hydrogen-bond donors (Lipinski definition) is 1. The van der Waals surface area contributed by atoms with Gasteiger partial charge in [0, 0.05) is 30.3 Å². The molecule has 2 aromatic carbocycles. The van der Waals surface area contributed by atoms with Gasteiger partial charge in [0.1, 0.15) is 6.07 Å². The van der Waals surface area contributed by atoms with Crippen molar-refractivity contribution in [3.8, 4) is 17.4 Å². The van der Waals surface area contributed by atoms with Gasteiger partial charge in [0.2, 0.25) is 15.9 Å². The number of nitriles is 1. The Labute approximate surface area is 180 Å². The monoisotopic (exact) mass is 436 g/mol. The van der Waals surface area contributed by atoms with Crippen molar-refractivity contribution in [2.24, 2.45) is 5.92 Å². The topological polar surface area (TPSA) is 116 Å². The maximum absolute atomic E-state index is 12.9. The summed E-state index contributed by atoms with van der Waals surface area (Å²) in [6.45, 7) is 0.441. The van der Waals surface area contributed by atoms with Crippen molar-refractivity contribution in [1.29, 1.82) is 5.26 Å². The van der Waals surface area contributed by atoms with Crippen LogP contribution in [0.2, 0.25) is 0 Å². The van der Waals surface area contributed by atoms with E-state index in [4.69, 9.17) is 4.42 Å². The predicted octanol–water partition coefficient (Wildman–Crippen LogP) is 3.25. The first-order valence-electron chi connectivity index (χ1n) is 9.78. The Morgan fingerprint density at radius 3 is 2.65 bits per heavy atom. The molecule has 0 saturated carbocycles. The molecule has 0 radical (unpaired) electrons. The molecule has 0 bridgehead atoms. The molecule has 31 heavy (non-hydrogen) atoms. The van der Waals surface area contributed by atoms with Gasteiger partial charge in [-0.15, -0.1) is 0 Å². The Morgan fingerprint density at radius 1 is 1.16 bits per heavy atom. The van der Waals surface area contributed by atoms with Crippen LogP contribution in [-0.2, 0) is 14.8 Å². The summed E-state index contributed by atoms with van der Waals surface area (Å²) in [6.07, 6.45) is 3.75. The van der Waals surface area contributed by atoms with Crippen LogP contribution >= 0.6 is 0 Å². The van der Waals surface area contributed by atoms with Crippen LogP contribution in [0.4, 0.5) is 5.69 Å². The molecule has 3 aromatic rings. The number of piperidine rings is 1. The van der Waals surface area contributed by atoms with Crippen molar-refractivity contribution in [3.63, 3.8) is 0 Å². The summed E-state index contributed by atoms with van der Waals surface area (Å²) in [5.41, 5.74) is 1.55. The van der Waals surface area contributed by atoms with Crippen LogP contribution in [0, 0.1) is 17.2 Å². The fourth-order valence-corrected chi connectivity index (χ4v) is 5.25. The van der Waals surface area contributed by atoms with Crippen molar-refractivity contribution in [3.05, 3.63) is 66.7 Å². The van der Waals surface area contributed by atoms with Crippen molar-refractivity contribution in [2.75, 3.05) is 18.4 Å². The van der Waals surface area contributed by atoms with E-state index in [0.717, 1.165) is 5.56 Å². The molecule has 1 aliphatic rings. The number of benzene rings is 2. The molecule has 2 heterocycles. The molecule has 0 atom stereocenters. The summed E-state index contributed by atoms with van der Waals surface area (Å²) in [5.74, 6) is 0.156. The standard InChI is InChI=1S/C22H20N4O4S/c23-13-18-4-1-2-7-21(18)31(28,29)26-10-8-16(9-11-26)22(27)25-19-6-3-5-17(12-19)20-14-24-15-30-20/h1-7,12,14-16H,8-11H2,(H,25,27). The summed E-state index contributed by atoms with van der Waals surface area (Å²) in [4.78, 5) is 16.6. The summed E-state index contributed by atoms with van der Waals surface area (Å²) in [5, 5.41) is 12.1. The van der Waals surface area contributed by atoms with E-state index < -0.39 is 10.0 Å². The van der Waals surface area contributed by atoms with E-state index in [9.17, 15) is 18.5 Å². The molecule has 1 saturated heterocycles. The Hall–Kier alpha value is -3.48. The van der Waals surface area contributed by atoms with Gasteiger partial charge < -0.3 is 9.73 Å². The third kappa shape index (κ3) is 4.35. The Kier molecular flexibility index (Phi) is 5.84. The van der Waals surface area contributed by atoms with Crippen molar-refractivity contribution < 1.29 is 17.6 Å². The highest BCUT2D eigenvalue weighted by Gasteiger charge is 2.33. The zero-order valence-corrected chi connectivity index (χ0v) is 17.4. The number of amides is 1. The van der Waals surface area contributed by atoms with E-state index >= 15 is 0 Å². The first-order chi connectivity index (χ1) is 15.0. The number of aromatic nitrogens is 1. The second-order valence-corrected chi connectivity index (χ2v) is 9.13. The summed E-state index contributed by atoms with van der Waals surface area (Å²) in [6, 6.07) is 15.3. The first kappa shape index (κ1) is 20.8. The quantitative estimate of drug-likeness (QED) is 0.656. The molecule has 1 aromatic heterocycles. The maximum Gasteiger partial charge on any atom is 0.244 e. The molecule has 1 aliphatic heterocycles. The van der Waals surface area contributed by atoms with Gasteiger partial charge in [-0.05, 0) is 37.1 Å². The van der Waals surface area contributed by atoms with Crippen LogP contribution < -0.4 is 5.32 Å². The van der Waals surface area contributed by atoms with Crippen LogP contribution in [0.1, 0.15) is 18.4 Å². The fourth-order valence-electron chi connectivity index (χ4n) is 3.63. The molecular weight excluding hydrogens is 416 g/mol. The minimum absolute atomic E-state index is 0.00429. The van der Waals surface area contributed by atoms with Gasteiger partial charge in [0.15, 0.2) is 12.2 Å². The lowest BCUT2D eigenvalue weighted by Crippen LogP contribution is -2.41. The average Bonchev–Trinajstić information content (AvgIpc) is 3.34. The van der Waals surface area contributed by atoms with Crippen molar-refractivity contribution >= 4 is 21.6 Å². The van der Waals surface area contributed by atoms with Gasteiger partial charge in [-0.2, -0.15) is 9.57 Å². The van der Waals surface area contributed by atoms with E-state index in [2.05, 4.69) is 10.3 Å². The van der Waals surface area contributed by atoms with Crippen molar-refractivity contribution in [2.45, 2.75) is 17.7 Å². The molecule has 0 unspecified atom stereocenters. The van der Waals surface area contributed by atoms with Gasteiger partial charge in [-0.25, -0.2) is 13.4 Å². The molecule has 9 heteroatoms. The van der Waals surface area contributed by atoms with Crippen LogP contribution in [0.25, 0.3) is 11.3 Å². The first-order valence-corrected chi connectivity index (χ1v) is 11.2. The predicted molar refractivity (Wildman–Crippen MR) is 113 cm³/mol. The zero-order valence-electron chi connectivity index (χ0n) is 16.6. The third-order valence-corrected chi connectivity index (χ3v) is 7.25. The third-order valence-electron chi connectivity index (χ3n) is 5.30. The average molecular weight is 436 g/mol. The smallest absolute Gasteiger partial charge is 0.244 e. The second-order valence-electron chi connectivity index (χ2n) is 7.22. The fraction of sp³-hybridized carbons (Fsp3) is 0.227. The lowest BCUT2D eigenvalue weighted by molar-refractivity contribution is -0.120. The second kappa shape index (κ2) is 8.71. The highest BCUT2D eigenvalue weighted by molar-refractivity contribution is 7.89. The van der Waals surface area contributed by atoms with Crippen LogP contribution in [0.15, 0.2) is 70.4 Å². The van der Waals surface area contributed by atoms with Crippen LogP contribution in [0.5, 0.6) is 0 Å². The van der Waals surface area contributed by atoms with Gasteiger partial charge in [-0.1, -0.05) is 24.3 Å². The zero-order chi connectivity index (χ0) is 21.8. The molecule has 8 nitrogen and oxygen atoms in total. The molecule has 0 spiro atoms. The minimum atomic E-state index is -3.78. The number of anilines is 1. The van der Waals surface area contributed by atoms with Gasteiger partial charge in [0.05, 0.1) is 16.7 Å². The summed E-state index contributed by atoms with van der Waals surface area (Å²) >= 11 is 0. The molecule has 1 amide bonds. The van der Waals surface area contributed by atoms with Gasteiger partial charge in [-0.3, -0.25) is 4.79 Å². The number of nitrogens with zero attached hydrogens (tertiary/aromatic N) is 3. The summed E-state index contributed by atoms with van der Waals surface area (Å²) in [7, 11) is -3.78. The normalized spacial score (nSPS) is 15.3. The number of sulfonamides is 1. The highest BCUT2D eigenvalue weighted by Crippen LogP contribution is 2.27. The van der Waals surface area contributed by atoms with Gasteiger partial charge >= 0.3 is 0 Å². The molecule has 0 aliphatic carbocycles. The SMILES string of the molecule is N#Cc1ccccc1S(=O)(=O)N1CCC(C(=O)Nc2cccc(-c3cnco3)c2)CC1. The van der Waals surface area contributed by atoms with E-state index in [1.165, 1.54) is 22.8 Å². The summed E-state index contributed by atoms with van der Waals surface area (Å²) < 4.78 is 32.5. The lowest BCUT2D eigenvalue weighted by atomic mass is 9.97. The van der Waals surface area contributed by atoms with Gasteiger partial charge in [0.25, 0.3) is 0 Å². The molecule has 4 rings (SSSR count). The number of carbonyl (C=O) groups is 1. The number of hydrogen-bond acceptors (Lipinski definition) is 6. The molecule has 1 fully saturated rings. The van der Waals surface area contributed by atoms with Crippen molar-refractivity contribution in [1.82, 2.24) is 9.29 Å². The molecule has 158 valence electrons. The Bertz CT molecular complexity index is 1220. The lowest BCUT2D eigenvalue weighted by Gasteiger charge is -2.30. The largest absolute Gasteiger partial charge is 0.444 e. The van der Waals surface area contributed by atoms with E-state index in [1.54, 1.807) is 30.5 Å². The van der Waals surface area contributed by atoms with Crippen LogP contribution in [-0.4, -0.2) is 36.7 Å². The Morgan fingerprint density at radius 2 is 1.94 bits per heavy atom.